The van der Waals surface area contributed by atoms with Crippen LogP contribution in [0, 0.1) is 0 Å². The molecule has 0 radical (unpaired) electrons. The first-order valence-electron chi connectivity index (χ1n) is 7.39. The van der Waals surface area contributed by atoms with Crippen LogP contribution in [0.3, 0.4) is 0 Å². The Morgan fingerprint density at radius 2 is 2.11 bits per heavy atom. The molecule has 0 bridgehead atoms. The molecule has 0 saturated carbocycles. The molecule has 0 spiro atoms. The number of benzene rings is 1. The van der Waals surface area contributed by atoms with E-state index < -0.39 is 6.10 Å². The molecule has 0 aliphatic heterocycles. The predicted molar refractivity (Wildman–Crippen MR) is 78.4 cm³/mol. The number of rotatable bonds is 6. The molecule has 1 aromatic carbocycles. The predicted octanol–water partition coefficient (Wildman–Crippen LogP) is 4.40. The van der Waals surface area contributed by atoms with E-state index in [0.717, 1.165) is 37.0 Å². The van der Waals surface area contributed by atoms with E-state index in [0.29, 0.717) is 6.61 Å². The summed E-state index contributed by atoms with van der Waals surface area (Å²) < 4.78 is 5.72. The second-order valence-electron chi connectivity index (χ2n) is 5.21. The average molecular weight is 260 g/mol. The lowest BCUT2D eigenvalue weighted by atomic mass is 9.92. The minimum atomic E-state index is -0.447. The number of para-hydroxylation sites is 1. The molecule has 2 nitrogen and oxygen atoms in total. The molecule has 0 amide bonds. The molecule has 104 valence electrons. The van der Waals surface area contributed by atoms with Crippen LogP contribution in [-0.4, -0.2) is 11.7 Å². The van der Waals surface area contributed by atoms with E-state index in [1.165, 1.54) is 18.4 Å². The Kier molecular flexibility index (Phi) is 5.46. The Hall–Kier alpha value is -1.28. The Labute approximate surface area is 116 Å². The summed E-state index contributed by atoms with van der Waals surface area (Å²) in [5.41, 5.74) is 2.31. The highest BCUT2D eigenvalue weighted by molar-refractivity contribution is 5.35. The smallest absolute Gasteiger partial charge is 0.125 e. The van der Waals surface area contributed by atoms with Crippen LogP contribution in [-0.2, 0) is 0 Å². The number of allylic oxidation sites excluding steroid dienone is 1. The molecule has 1 atom stereocenters. The molecule has 0 saturated heterocycles. The van der Waals surface area contributed by atoms with Crippen molar-refractivity contribution >= 4 is 0 Å². The maximum Gasteiger partial charge on any atom is 0.125 e. The molecular formula is C17H24O2. The van der Waals surface area contributed by atoms with Crippen molar-refractivity contribution in [1.82, 2.24) is 0 Å². The van der Waals surface area contributed by atoms with E-state index >= 15 is 0 Å². The van der Waals surface area contributed by atoms with Crippen LogP contribution in [0.1, 0.15) is 57.1 Å². The Bertz CT molecular complexity index is 423. The molecule has 1 unspecified atom stereocenters. The highest BCUT2D eigenvalue weighted by atomic mass is 16.5. The lowest BCUT2D eigenvalue weighted by Crippen LogP contribution is -2.05. The van der Waals surface area contributed by atoms with E-state index in [2.05, 4.69) is 13.0 Å². The van der Waals surface area contributed by atoms with Crippen molar-refractivity contribution in [3.05, 3.63) is 41.5 Å². The normalized spacial score (nSPS) is 16.8. The molecule has 19 heavy (non-hydrogen) atoms. The van der Waals surface area contributed by atoms with Crippen molar-refractivity contribution in [2.24, 2.45) is 0 Å². The van der Waals surface area contributed by atoms with Crippen LogP contribution in [0.2, 0.25) is 0 Å². The fourth-order valence-electron chi connectivity index (χ4n) is 2.55. The zero-order chi connectivity index (χ0) is 13.5. The first kappa shape index (κ1) is 14.1. The second-order valence-corrected chi connectivity index (χ2v) is 5.21. The second kappa shape index (κ2) is 7.34. The van der Waals surface area contributed by atoms with Gasteiger partial charge in [0, 0.05) is 5.56 Å². The Balaban J connectivity index is 2.05. The maximum atomic E-state index is 10.4. The summed E-state index contributed by atoms with van der Waals surface area (Å²) in [6, 6.07) is 7.84. The van der Waals surface area contributed by atoms with Gasteiger partial charge in [0.2, 0.25) is 0 Å². The molecule has 1 aromatic rings. The van der Waals surface area contributed by atoms with Gasteiger partial charge in [0.05, 0.1) is 12.7 Å². The van der Waals surface area contributed by atoms with Gasteiger partial charge in [-0.05, 0) is 44.6 Å². The van der Waals surface area contributed by atoms with E-state index in [-0.39, 0.29) is 0 Å². The number of hydrogen-bond donors (Lipinski definition) is 1. The zero-order valence-corrected chi connectivity index (χ0v) is 11.8. The highest BCUT2D eigenvalue weighted by Crippen LogP contribution is 2.32. The third kappa shape index (κ3) is 4.10. The molecule has 1 aliphatic carbocycles. The molecule has 0 aromatic heterocycles. The fourth-order valence-corrected chi connectivity index (χ4v) is 2.55. The number of ether oxygens (including phenoxy) is 1. The van der Waals surface area contributed by atoms with Crippen LogP contribution in [0.15, 0.2) is 35.9 Å². The van der Waals surface area contributed by atoms with Crippen molar-refractivity contribution in [1.29, 1.82) is 0 Å². The van der Waals surface area contributed by atoms with Crippen molar-refractivity contribution in [3.8, 4) is 5.75 Å². The van der Waals surface area contributed by atoms with Gasteiger partial charge in [-0.15, -0.1) is 0 Å². The van der Waals surface area contributed by atoms with Crippen LogP contribution in [0.4, 0.5) is 0 Å². The van der Waals surface area contributed by atoms with Gasteiger partial charge in [0.25, 0.3) is 0 Å². The molecule has 1 N–H and O–H groups in total. The van der Waals surface area contributed by atoms with Crippen molar-refractivity contribution in [2.75, 3.05) is 6.61 Å². The van der Waals surface area contributed by atoms with E-state index in [4.69, 9.17) is 4.74 Å². The van der Waals surface area contributed by atoms with Crippen molar-refractivity contribution < 1.29 is 9.84 Å². The van der Waals surface area contributed by atoms with Crippen LogP contribution < -0.4 is 4.74 Å². The Morgan fingerprint density at radius 3 is 2.84 bits per heavy atom. The third-order valence-corrected chi connectivity index (χ3v) is 3.58. The minimum Gasteiger partial charge on any atom is -0.493 e. The van der Waals surface area contributed by atoms with Crippen LogP contribution >= 0.6 is 0 Å². The summed E-state index contributed by atoms with van der Waals surface area (Å²) in [5, 5.41) is 10.4. The van der Waals surface area contributed by atoms with Gasteiger partial charge in [0.1, 0.15) is 5.75 Å². The van der Waals surface area contributed by atoms with Gasteiger partial charge >= 0.3 is 0 Å². The third-order valence-electron chi connectivity index (χ3n) is 3.58. The molecule has 2 heteroatoms. The lowest BCUT2D eigenvalue weighted by Gasteiger charge is -2.19. The van der Waals surface area contributed by atoms with E-state index in [1.807, 2.05) is 24.3 Å². The lowest BCUT2D eigenvalue weighted by molar-refractivity contribution is 0.170. The van der Waals surface area contributed by atoms with Crippen molar-refractivity contribution in [2.45, 2.75) is 51.6 Å². The number of aliphatic hydroxyl groups excluding tert-OH is 1. The fraction of sp³-hybridized carbons (Fsp3) is 0.529. The van der Waals surface area contributed by atoms with Gasteiger partial charge in [-0.3, -0.25) is 0 Å². The SMILES string of the molecule is CCCOc1ccccc1C(O)CC1=CCCCC1. The standard InChI is InChI=1S/C17H24O2/c1-2-12-19-17-11-7-6-10-15(17)16(18)13-14-8-4-3-5-9-14/h6-8,10-11,16,18H,2-5,9,12-13H2,1H3. The molecule has 1 aliphatic rings. The molecule has 0 heterocycles. The van der Waals surface area contributed by atoms with E-state index in [9.17, 15) is 5.11 Å². The number of aliphatic hydroxyl groups is 1. The topological polar surface area (TPSA) is 29.5 Å². The summed E-state index contributed by atoms with van der Waals surface area (Å²) in [5.74, 6) is 0.827. The summed E-state index contributed by atoms with van der Waals surface area (Å²) >= 11 is 0. The average Bonchev–Trinajstić information content (AvgIpc) is 2.46. The minimum absolute atomic E-state index is 0.447. The maximum absolute atomic E-state index is 10.4. The molecular weight excluding hydrogens is 236 g/mol. The van der Waals surface area contributed by atoms with Crippen LogP contribution in [0.25, 0.3) is 0 Å². The summed E-state index contributed by atoms with van der Waals surface area (Å²) in [6.07, 6.45) is 8.41. The van der Waals surface area contributed by atoms with Gasteiger partial charge in [0.15, 0.2) is 0 Å². The first-order valence-corrected chi connectivity index (χ1v) is 7.39. The largest absolute Gasteiger partial charge is 0.493 e. The van der Waals surface area contributed by atoms with Crippen LogP contribution in [0.5, 0.6) is 5.75 Å². The summed E-state index contributed by atoms with van der Waals surface area (Å²) in [4.78, 5) is 0. The monoisotopic (exact) mass is 260 g/mol. The van der Waals surface area contributed by atoms with Gasteiger partial charge in [-0.2, -0.15) is 0 Å². The van der Waals surface area contributed by atoms with Gasteiger partial charge in [-0.25, -0.2) is 0 Å². The quantitative estimate of drug-likeness (QED) is 0.768. The summed E-state index contributed by atoms with van der Waals surface area (Å²) in [6.45, 7) is 2.79. The van der Waals surface area contributed by atoms with E-state index in [1.54, 1.807) is 0 Å². The highest BCUT2D eigenvalue weighted by Gasteiger charge is 2.15. The molecule has 2 rings (SSSR count). The number of hydrogen-bond acceptors (Lipinski definition) is 2. The Morgan fingerprint density at radius 1 is 1.26 bits per heavy atom. The zero-order valence-electron chi connectivity index (χ0n) is 11.8. The summed E-state index contributed by atoms with van der Waals surface area (Å²) in [7, 11) is 0. The molecule has 0 fully saturated rings. The first-order chi connectivity index (χ1) is 9.31. The van der Waals surface area contributed by atoms with Gasteiger partial charge < -0.3 is 9.84 Å². The van der Waals surface area contributed by atoms with Gasteiger partial charge in [-0.1, -0.05) is 36.8 Å². The van der Waals surface area contributed by atoms with Crippen molar-refractivity contribution in [3.63, 3.8) is 0 Å².